The highest BCUT2D eigenvalue weighted by Crippen LogP contribution is 2.25. The van der Waals surface area contributed by atoms with Crippen LogP contribution in [0.3, 0.4) is 0 Å². The molecule has 0 saturated carbocycles. The first-order valence-corrected chi connectivity index (χ1v) is 5.84. The highest BCUT2D eigenvalue weighted by Gasteiger charge is 2.11. The van der Waals surface area contributed by atoms with Gasteiger partial charge in [0.05, 0.1) is 5.84 Å². The fourth-order valence-corrected chi connectivity index (χ4v) is 1.85. The maximum Gasteiger partial charge on any atom is 0.0546 e. The van der Waals surface area contributed by atoms with Crippen LogP contribution in [0.2, 0.25) is 0 Å². The molecule has 1 aliphatic heterocycles. The summed E-state index contributed by atoms with van der Waals surface area (Å²) in [5.74, 6) is 1.61. The van der Waals surface area contributed by atoms with Gasteiger partial charge in [0.1, 0.15) is 0 Å². The fraction of sp³-hybridized carbons (Fsp3) is 0.429. The van der Waals surface area contributed by atoms with Crippen LogP contribution in [0.5, 0.6) is 0 Å². The zero-order valence-corrected chi connectivity index (χ0v) is 11.3. The van der Waals surface area contributed by atoms with E-state index in [1.165, 1.54) is 11.1 Å². The first-order chi connectivity index (χ1) is 7.91. The average Bonchev–Trinajstić information content (AvgIpc) is 2.66. The molecule has 0 fully saturated rings. The van der Waals surface area contributed by atoms with Gasteiger partial charge in [-0.3, -0.25) is 4.99 Å². The van der Waals surface area contributed by atoms with Crippen LogP contribution in [0.15, 0.2) is 21.1 Å². The molecular formula is C14H18N3-. The van der Waals surface area contributed by atoms with Gasteiger partial charge in [-0.05, 0) is 63.8 Å². The van der Waals surface area contributed by atoms with E-state index in [4.69, 9.17) is 0 Å². The SMILES string of the molecule is CC1=N/C(=N\c2[n-]c(C)c(C)c2C)C(C)=C1C. The Balaban J connectivity index is 2.49. The molecule has 0 radical (unpaired) electrons. The van der Waals surface area contributed by atoms with Crippen LogP contribution in [0.1, 0.15) is 37.6 Å². The molecule has 0 aromatic carbocycles. The maximum atomic E-state index is 4.58. The maximum absolute atomic E-state index is 4.58. The number of hydrogen-bond acceptors (Lipinski definition) is 1. The Kier molecular flexibility index (Phi) is 2.77. The first-order valence-electron chi connectivity index (χ1n) is 5.84. The van der Waals surface area contributed by atoms with Gasteiger partial charge >= 0.3 is 0 Å². The Bertz CT molecular complexity index is 569. The number of allylic oxidation sites excluding steroid dienone is 1. The number of amidine groups is 1. The molecule has 1 aromatic rings. The Morgan fingerprint density at radius 1 is 0.882 bits per heavy atom. The third-order valence-electron chi connectivity index (χ3n) is 3.64. The second-order valence-corrected chi connectivity index (χ2v) is 4.65. The van der Waals surface area contributed by atoms with E-state index >= 15 is 0 Å². The van der Waals surface area contributed by atoms with Crippen molar-refractivity contribution in [1.29, 1.82) is 0 Å². The topological polar surface area (TPSA) is 38.8 Å². The molecule has 0 N–H and O–H groups in total. The van der Waals surface area contributed by atoms with Crippen molar-refractivity contribution >= 4 is 17.4 Å². The molecule has 1 aliphatic rings. The summed E-state index contributed by atoms with van der Waals surface area (Å²) >= 11 is 0. The number of nitrogens with zero attached hydrogens (tertiary/aromatic N) is 3. The minimum Gasteiger partial charge on any atom is -0.439 e. The summed E-state index contributed by atoms with van der Waals surface area (Å²) in [7, 11) is 0. The number of aliphatic imine (C=N–C) groups is 2. The standard InChI is InChI=1S/C14H18N3/c1-7-9(3)13(15-11(7)5)17-14-10(4)8(2)12(6)16-14/h1-6H3/q-1/b17-13-. The normalized spacial score (nSPS) is 18.2. The van der Waals surface area contributed by atoms with Crippen LogP contribution in [0, 0.1) is 20.8 Å². The molecule has 3 nitrogen and oxygen atoms in total. The predicted molar refractivity (Wildman–Crippen MR) is 72.6 cm³/mol. The minimum atomic E-state index is 0.806. The zero-order chi connectivity index (χ0) is 12.7. The van der Waals surface area contributed by atoms with E-state index in [2.05, 4.69) is 42.7 Å². The van der Waals surface area contributed by atoms with Crippen molar-refractivity contribution in [1.82, 2.24) is 4.98 Å². The predicted octanol–water partition coefficient (Wildman–Crippen LogP) is 3.41. The van der Waals surface area contributed by atoms with Crippen LogP contribution in [0.25, 0.3) is 0 Å². The van der Waals surface area contributed by atoms with Crippen molar-refractivity contribution in [2.24, 2.45) is 9.98 Å². The molecule has 2 rings (SSSR count). The molecule has 0 amide bonds. The van der Waals surface area contributed by atoms with Crippen LogP contribution in [-0.4, -0.2) is 11.5 Å². The number of hydrogen-bond donors (Lipinski definition) is 0. The first kappa shape index (κ1) is 11.8. The third-order valence-corrected chi connectivity index (χ3v) is 3.64. The summed E-state index contributed by atoms with van der Waals surface area (Å²) < 4.78 is 0. The van der Waals surface area contributed by atoms with Gasteiger partial charge in [-0.15, -0.1) is 0 Å². The highest BCUT2D eigenvalue weighted by molar-refractivity contribution is 6.20. The molecule has 3 heteroatoms. The summed E-state index contributed by atoms with van der Waals surface area (Å²) in [5.41, 5.74) is 6.86. The summed E-state index contributed by atoms with van der Waals surface area (Å²) in [5, 5.41) is 0. The molecule has 0 bridgehead atoms. The molecule has 90 valence electrons. The molecule has 0 atom stereocenters. The summed E-state index contributed by atoms with van der Waals surface area (Å²) in [4.78, 5) is 13.5. The number of aryl methyl sites for hydroxylation is 1. The molecule has 17 heavy (non-hydrogen) atoms. The van der Waals surface area contributed by atoms with Crippen LogP contribution >= 0.6 is 0 Å². The lowest BCUT2D eigenvalue weighted by Gasteiger charge is -2.07. The van der Waals surface area contributed by atoms with Gasteiger partial charge in [0, 0.05) is 5.71 Å². The lowest BCUT2D eigenvalue weighted by Crippen LogP contribution is -1.92. The van der Waals surface area contributed by atoms with Gasteiger partial charge in [0.2, 0.25) is 0 Å². The number of rotatable bonds is 1. The molecule has 0 spiro atoms. The van der Waals surface area contributed by atoms with Gasteiger partial charge < -0.3 is 9.98 Å². The van der Waals surface area contributed by atoms with E-state index in [-0.39, 0.29) is 0 Å². The van der Waals surface area contributed by atoms with Crippen molar-refractivity contribution < 1.29 is 0 Å². The van der Waals surface area contributed by atoms with Crippen LogP contribution < -0.4 is 4.98 Å². The Labute approximate surface area is 102 Å². The van der Waals surface area contributed by atoms with E-state index in [1.54, 1.807) is 0 Å². The van der Waals surface area contributed by atoms with Crippen LogP contribution in [-0.2, 0) is 0 Å². The summed E-state index contributed by atoms with van der Waals surface area (Å²) in [6.45, 7) is 12.3. The Morgan fingerprint density at radius 2 is 1.53 bits per heavy atom. The van der Waals surface area contributed by atoms with E-state index in [9.17, 15) is 0 Å². The summed E-state index contributed by atoms with van der Waals surface area (Å²) in [6, 6.07) is 0. The highest BCUT2D eigenvalue weighted by atomic mass is 15.0. The third kappa shape index (κ3) is 1.86. The second kappa shape index (κ2) is 3.99. The molecule has 0 aliphatic carbocycles. The molecule has 0 unspecified atom stereocenters. The smallest absolute Gasteiger partial charge is 0.0546 e. The zero-order valence-electron chi connectivity index (χ0n) is 11.3. The quantitative estimate of drug-likeness (QED) is 0.726. The fourth-order valence-electron chi connectivity index (χ4n) is 1.85. The average molecular weight is 228 g/mol. The minimum absolute atomic E-state index is 0.806. The second-order valence-electron chi connectivity index (χ2n) is 4.65. The van der Waals surface area contributed by atoms with Crippen LogP contribution in [0.4, 0.5) is 5.82 Å². The van der Waals surface area contributed by atoms with Gasteiger partial charge in [-0.25, -0.2) is 0 Å². The Hall–Kier alpha value is -1.64. The van der Waals surface area contributed by atoms with E-state index in [0.29, 0.717) is 0 Å². The van der Waals surface area contributed by atoms with Crippen molar-refractivity contribution in [3.05, 3.63) is 28.0 Å². The van der Waals surface area contributed by atoms with Gasteiger partial charge in [-0.2, -0.15) is 0 Å². The van der Waals surface area contributed by atoms with Crippen molar-refractivity contribution in [3.63, 3.8) is 0 Å². The largest absolute Gasteiger partial charge is 0.439 e. The Morgan fingerprint density at radius 3 is 1.94 bits per heavy atom. The van der Waals surface area contributed by atoms with Gasteiger partial charge in [-0.1, -0.05) is 11.5 Å². The monoisotopic (exact) mass is 228 g/mol. The molecular weight excluding hydrogens is 210 g/mol. The van der Waals surface area contributed by atoms with Gasteiger partial charge in [0.25, 0.3) is 0 Å². The molecule has 1 aromatic heterocycles. The molecule has 2 heterocycles. The van der Waals surface area contributed by atoms with E-state index in [1.807, 2.05) is 13.8 Å². The molecule has 0 saturated heterocycles. The van der Waals surface area contributed by atoms with Crippen molar-refractivity contribution in [3.8, 4) is 0 Å². The lowest BCUT2D eigenvalue weighted by molar-refractivity contribution is 1.18. The van der Waals surface area contributed by atoms with E-state index in [0.717, 1.165) is 34.2 Å². The van der Waals surface area contributed by atoms with Crippen molar-refractivity contribution in [2.45, 2.75) is 41.5 Å². The lowest BCUT2D eigenvalue weighted by atomic mass is 10.1. The number of aromatic nitrogens is 1. The van der Waals surface area contributed by atoms with E-state index < -0.39 is 0 Å². The van der Waals surface area contributed by atoms with Gasteiger partial charge in [0.15, 0.2) is 0 Å². The van der Waals surface area contributed by atoms with Crippen molar-refractivity contribution in [2.75, 3.05) is 0 Å². The summed E-state index contributed by atoms with van der Waals surface area (Å²) in [6.07, 6.45) is 0.